The predicted molar refractivity (Wildman–Crippen MR) is 120 cm³/mol. The Bertz CT molecular complexity index is 1110. The fourth-order valence-corrected chi connectivity index (χ4v) is 4.60. The van der Waals surface area contributed by atoms with Gasteiger partial charge in [-0.1, -0.05) is 18.6 Å². The fraction of sp³-hybridized carbons (Fsp3) is 0.450. The Morgan fingerprint density at radius 1 is 1.29 bits per heavy atom. The zero-order chi connectivity index (χ0) is 22.6. The number of sulfone groups is 1. The summed E-state index contributed by atoms with van der Waals surface area (Å²) in [7, 11) is -3.62. The van der Waals surface area contributed by atoms with Crippen LogP contribution in [-0.4, -0.2) is 48.7 Å². The van der Waals surface area contributed by atoms with Gasteiger partial charge in [0.15, 0.2) is 15.7 Å². The molecule has 1 aliphatic rings. The number of para-hydroxylation sites is 1. The van der Waals surface area contributed by atoms with Crippen LogP contribution in [0.15, 0.2) is 34.0 Å². The van der Waals surface area contributed by atoms with Crippen LogP contribution in [0.25, 0.3) is 0 Å². The highest BCUT2D eigenvalue weighted by Crippen LogP contribution is 2.28. The number of rotatable bonds is 8. The van der Waals surface area contributed by atoms with E-state index in [1.165, 1.54) is 6.07 Å². The minimum atomic E-state index is -3.62. The van der Waals surface area contributed by atoms with Crippen LogP contribution in [0, 0.1) is 0 Å². The van der Waals surface area contributed by atoms with Gasteiger partial charge in [0, 0.05) is 12.6 Å². The molecular weight excluding hydrogens is 420 g/mol. The molecule has 1 saturated heterocycles. The fourth-order valence-electron chi connectivity index (χ4n) is 3.39. The van der Waals surface area contributed by atoms with Crippen LogP contribution in [0.3, 0.4) is 0 Å². The first kappa shape index (κ1) is 22.8. The number of anilines is 3. The van der Waals surface area contributed by atoms with Gasteiger partial charge in [-0.3, -0.25) is 14.6 Å². The molecule has 2 aromatic rings. The molecular formula is C20H28N6O4S. The van der Waals surface area contributed by atoms with Crippen LogP contribution in [-0.2, 0) is 9.84 Å². The summed E-state index contributed by atoms with van der Waals surface area (Å²) in [5, 5.41) is 8.64. The molecule has 1 aromatic carbocycles. The minimum absolute atomic E-state index is 0.0448. The lowest BCUT2D eigenvalue weighted by molar-refractivity contribution is 0.0999. The first-order valence-electron chi connectivity index (χ1n) is 10.2. The number of piperidine rings is 1. The number of carbonyl (C=O) groups excluding carboxylic acids is 1. The van der Waals surface area contributed by atoms with Gasteiger partial charge in [-0.05, 0) is 45.4 Å². The van der Waals surface area contributed by atoms with E-state index in [9.17, 15) is 18.0 Å². The Balaban J connectivity index is 1.96. The zero-order valence-corrected chi connectivity index (χ0v) is 18.4. The minimum Gasteiger partial charge on any atom is -0.365 e. The molecule has 1 amide bonds. The number of aromatic nitrogens is 2. The van der Waals surface area contributed by atoms with Gasteiger partial charge in [-0.15, -0.1) is 0 Å². The number of nitrogens with zero attached hydrogens (tertiary/aromatic N) is 1. The van der Waals surface area contributed by atoms with Crippen LogP contribution in [0.2, 0.25) is 0 Å². The number of carbonyl (C=O) groups is 1. The van der Waals surface area contributed by atoms with Crippen molar-refractivity contribution >= 4 is 33.2 Å². The summed E-state index contributed by atoms with van der Waals surface area (Å²) in [5.41, 5.74) is 4.51. The summed E-state index contributed by atoms with van der Waals surface area (Å²) in [6.07, 6.45) is 3.26. The molecule has 3 rings (SSSR count). The number of aromatic amines is 1. The summed E-state index contributed by atoms with van der Waals surface area (Å²) in [5.74, 6) is -0.920. The maximum atomic E-state index is 12.7. The molecule has 1 fully saturated rings. The number of nitrogens with two attached hydrogens (primary N) is 1. The molecule has 1 atom stereocenters. The molecule has 0 saturated carbocycles. The maximum absolute atomic E-state index is 12.7. The van der Waals surface area contributed by atoms with Gasteiger partial charge >= 0.3 is 0 Å². The maximum Gasteiger partial charge on any atom is 0.267 e. The number of H-pyrrole nitrogens is 1. The number of hydrogen-bond donors (Lipinski definition) is 5. The Kier molecular flexibility index (Phi) is 6.96. The van der Waals surface area contributed by atoms with Gasteiger partial charge < -0.3 is 21.7 Å². The second kappa shape index (κ2) is 9.48. The van der Waals surface area contributed by atoms with Crippen molar-refractivity contribution in [1.29, 1.82) is 0 Å². The quantitative estimate of drug-likeness (QED) is 0.405. The van der Waals surface area contributed by atoms with Crippen molar-refractivity contribution in [2.45, 2.75) is 49.3 Å². The average Bonchev–Trinajstić information content (AvgIpc) is 2.72. The Morgan fingerprint density at radius 2 is 2.03 bits per heavy atom. The van der Waals surface area contributed by atoms with Gasteiger partial charge in [-0.2, -0.15) is 4.98 Å². The highest BCUT2D eigenvalue weighted by molar-refractivity contribution is 7.92. The number of primary amides is 1. The van der Waals surface area contributed by atoms with Gasteiger partial charge in [0.05, 0.1) is 15.8 Å². The third-order valence-corrected chi connectivity index (χ3v) is 7.37. The Labute approximate surface area is 181 Å². The van der Waals surface area contributed by atoms with Crippen molar-refractivity contribution in [3.63, 3.8) is 0 Å². The van der Waals surface area contributed by atoms with Crippen LogP contribution in [0.1, 0.15) is 43.5 Å². The second-order valence-corrected chi connectivity index (χ2v) is 10.2. The number of nitrogens with one attached hydrogen (secondary N) is 4. The van der Waals surface area contributed by atoms with Crippen LogP contribution in [0.4, 0.5) is 17.5 Å². The van der Waals surface area contributed by atoms with E-state index in [1.807, 2.05) is 0 Å². The SMILES string of the molecule is CC(C)S(=O)(=O)c1ccccc1Nc1nc(NCC2CCCCN2)[nH]c(=O)c1C(N)=O. The number of benzene rings is 1. The van der Waals surface area contributed by atoms with Crippen molar-refractivity contribution in [3.05, 3.63) is 40.2 Å². The monoisotopic (exact) mass is 448 g/mol. The van der Waals surface area contributed by atoms with Crippen molar-refractivity contribution < 1.29 is 13.2 Å². The van der Waals surface area contributed by atoms with E-state index < -0.39 is 26.6 Å². The highest BCUT2D eigenvalue weighted by atomic mass is 32.2. The topological polar surface area (TPSA) is 159 Å². The molecule has 1 aromatic heterocycles. The van der Waals surface area contributed by atoms with Crippen molar-refractivity contribution in [1.82, 2.24) is 15.3 Å². The smallest absolute Gasteiger partial charge is 0.267 e. The van der Waals surface area contributed by atoms with E-state index in [1.54, 1.807) is 32.0 Å². The first-order valence-corrected chi connectivity index (χ1v) is 11.8. The van der Waals surface area contributed by atoms with E-state index in [0.29, 0.717) is 6.54 Å². The van der Waals surface area contributed by atoms with Crippen LogP contribution < -0.4 is 27.2 Å². The van der Waals surface area contributed by atoms with Gasteiger partial charge in [0.25, 0.3) is 11.5 Å². The first-order chi connectivity index (χ1) is 14.7. The molecule has 31 heavy (non-hydrogen) atoms. The Morgan fingerprint density at radius 3 is 2.68 bits per heavy atom. The molecule has 1 unspecified atom stereocenters. The molecule has 11 heteroatoms. The average molecular weight is 449 g/mol. The lowest BCUT2D eigenvalue weighted by Gasteiger charge is -2.23. The largest absolute Gasteiger partial charge is 0.365 e. The summed E-state index contributed by atoms with van der Waals surface area (Å²) in [4.78, 5) is 31.3. The molecule has 168 valence electrons. The number of hydrogen-bond acceptors (Lipinski definition) is 8. The van der Waals surface area contributed by atoms with Crippen molar-refractivity contribution in [2.24, 2.45) is 5.73 Å². The molecule has 1 aliphatic heterocycles. The zero-order valence-electron chi connectivity index (χ0n) is 17.6. The normalized spacial score (nSPS) is 16.8. The molecule has 10 nitrogen and oxygen atoms in total. The van der Waals surface area contributed by atoms with Crippen molar-refractivity contribution in [2.75, 3.05) is 23.7 Å². The summed E-state index contributed by atoms with van der Waals surface area (Å²) in [6.45, 7) is 4.63. The highest BCUT2D eigenvalue weighted by Gasteiger charge is 2.24. The van der Waals surface area contributed by atoms with E-state index in [0.717, 1.165) is 25.8 Å². The standard InChI is InChI=1S/C20H28N6O4S/c1-12(2)31(29,30)15-9-4-3-8-14(15)24-18-16(17(21)27)19(28)26-20(25-18)23-11-13-7-5-6-10-22-13/h3-4,8-9,12-13,22H,5-7,10-11H2,1-2H3,(H2,21,27)(H3,23,24,25,26,28). The number of amides is 1. The third-order valence-electron chi connectivity index (χ3n) is 5.16. The summed E-state index contributed by atoms with van der Waals surface area (Å²) in [6, 6.07) is 6.49. The van der Waals surface area contributed by atoms with E-state index in [2.05, 4.69) is 25.9 Å². The van der Waals surface area contributed by atoms with Crippen LogP contribution >= 0.6 is 0 Å². The van der Waals surface area contributed by atoms with E-state index in [-0.39, 0.29) is 34.0 Å². The van der Waals surface area contributed by atoms with E-state index in [4.69, 9.17) is 5.73 Å². The predicted octanol–water partition coefficient (Wildman–Crippen LogP) is 1.35. The summed E-state index contributed by atoms with van der Waals surface area (Å²) >= 11 is 0. The van der Waals surface area contributed by atoms with Gasteiger partial charge in [0.2, 0.25) is 5.95 Å². The second-order valence-electron chi connectivity index (χ2n) is 7.75. The lowest BCUT2D eigenvalue weighted by Crippen LogP contribution is -2.39. The van der Waals surface area contributed by atoms with Crippen LogP contribution in [0.5, 0.6) is 0 Å². The van der Waals surface area contributed by atoms with Crippen molar-refractivity contribution in [3.8, 4) is 0 Å². The molecule has 0 bridgehead atoms. The molecule has 6 N–H and O–H groups in total. The molecule has 0 spiro atoms. The van der Waals surface area contributed by atoms with E-state index >= 15 is 0 Å². The molecule has 0 radical (unpaired) electrons. The lowest BCUT2D eigenvalue weighted by atomic mass is 10.1. The Hall–Kier alpha value is -2.92. The molecule has 0 aliphatic carbocycles. The van der Waals surface area contributed by atoms with Gasteiger partial charge in [-0.25, -0.2) is 8.42 Å². The third kappa shape index (κ3) is 5.23. The van der Waals surface area contributed by atoms with Gasteiger partial charge in [0.1, 0.15) is 5.56 Å². The summed E-state index contributed by atoms with van der Waals surface area (Å²) < 4.78 is 25.5. The molecule has 2 heterocycles.